The first-order chi connectivity index (χ1) is 23.2. The number of carbonyl (C=O) groups excluding carboxylic acids is 2. The predicted molar refractivity (Wildman–Crippen MR) is 191 cm³/mol. The first kappa shape index (κ1) is 45.9. The number of hydrogen-bond acceptors (Lipinski definition) is 9. The maximum absolute atomic E-state index is 12.5. The normalized spacial score (nSPS) is 14.7. The summed E-state index contributed by atoms with van der Waals surface area (Å²) in [5.74, 6) is -0.956. The van der Waals surface area contributed by atoms with Crippen LogP contribution in [0.3, 0.4) is 0 Å². The molecule has 0 aliphatic carbocycles. The molecule has 48 heavy (non-hydrogen) atoms. The Labute approximate surface area is 290 Å². The maximum atomic E-state index is 12.5. The highest BCUT2D eigenvalue weighted by atomic mass is 31.2. The zero-order chi connectivity index (χ0) is 35.6. The van der Waals surface area contributed by atoms with Crippen LogP contribution in [0.4, 0.5) is 0 Å². The Balaban J connectivity index is 4.31. The average molecular weight is 701 g/mol. The summed E-state index contributed by atoms with van der Waals surface area (Å²) < 4.78 is 32.4. The molecule has 0 bridgehead atoms. The SMILES string of the molecule is CC/C=C\C/C=C\C/C=C\C/C=C\CCCCCCCCC(=O)OC(COC(=O)CCCCCCCC)COP(=O)(O)OCC(O)CO. The topological polar surface area (TPSA) is 149 Å². The predicted octanol–water partition coefficient (Wildman–Crippen LogP) is 8.60. The Hall–Kier alpha value is -2.07. The van der Waals surface area contributed by atoms with Crippen LogP contribution in [0.1, 0.15) is 136 Å². The number of hydrogen-bond donors (Lipinski definition) is 3. The number of esters is 2. The Morgan fingerprint density at radius 3 is 1.73 bits per heavy atom. The van der Waals surface area contributed by atoms with Crippen molar-refractivity contribution in [1.29, 1.82) is 0 Å². The van der Waals surface area contributed by atoms with Crippen molar-refractivity contribution in [2.75, 3.05) is 26.4 Å². The van der Waals surface area contributed by atoms with E-state index in [9.17, 15) is 24.2 Å². The van der Waals surface area contributed by atoms with Gasteiger partial charge in [0, 0.05) is 12.8 Å². The molecule has 0 saturated carbocycles. The largest absolute Gasteiger partial charge is 0.472 e. The number of phosphoric ester groups is 1. The Bertz CT molecular complexity index is 946. The first-order valence-corrected chi connectivity index (χ1v) is 19.6. The van der Waals surface area contributed by atoms with Crippen LogP contribution >= 0.6 is 7.82 Å². The summed E-state index contributed by atoms with van der Waals surface area (Å²) in [7, 11) is -4.61. The molecular weight excluding hydrogens is 635 g/mol. The Kier molecular flexibility index (Phi) is 32.0. The van der Waals surface area contributed by atoms with Crippen LogP contribution in [-0.4, -0.2) is 65.7 Å². The fourth-order valence-corrected chi connectivity index (χ4v) is 5.24. The minimum atomic E-state index is -4.61. The van der Waals surface area contributed by atoms with E-state index in [4.69, 9.17) is 19.1 Å². The van der Waals surface area contributed by atoms with Crippen molar-refractivity contribution in [1.82, 2.24) is 0 Å². The highest BCUT2D eigenvalue weighted by molar-refractivity contribution is 7.47. The molecule has 10 nitrogen and oxygen atoms in total. The van der Waals surface area contributed by atoms with E-state index < -0.39 is 51.8 Å². The van der Waals surface area contributed by atoms with Gasteiger partial charge >= 0.3 is 19.8 Å². The van der Waals surface area contributed by atoms with E-state index in [1.807, 2.05) is 0 Å². The molecule has 0 radical (unpaired) electrons. The van der Waals surface area contributed by atoms with Crippen LogP contribution in [0.15, 0.2) is 48.6 Å². The van der Waals surface area contributed by atoms with Crippen molar-refractivity contribution >= 4 is 19.8 Å². The third-order valence-corrected chi connectivity index (χ3v) is 8.20. The molecule has 0 aliphatic rings. The van der Waals surface area contributed by atoms with Gasteiger partial charge in [0.25, 0.3) is 0 Å². The van der Waals surface area contributed by atoms with Crippen LogP contribution in [0.5, 0.6) is 0 Å². The molecule has 0 rings (SSSR count). The second-order valence-corrected chi connectivity index (χ2v) is 13.3. The van der Waals surface area contributed by atoms with Gasteiger partial charge in [-0.15, -0.1) is 0 Å². The quantitative estimate of drug-likeness (QED) is 0.0263. The molecule has 0 saturated heterocycles. The lowest BCUT2D eigenvalue weighted by molar-refractivity contribution is -0.161. The number of ether oxygens (including phenoxy) is 2. The van der Waals surface area contributed by atoms with Crippen molar-refractivity contribution < 1.29 is 47.8 Å². The summed E-state index contributed by atoms with van der Waals surface area (Å²) in [5, 5.41) is 18.2. The number of aliphatic hydroxyl groups excluding tert-OH is 2. The molecule has 0 amide bonds. The lowest BCUT2D eigenvalue weighted by Gasteiger charge is -2.20. The minimum Gasteiger partial charge on any atom is -0.462 e. The first-order valence-electron chi connectivity index (χ1n) is 18.1. The third-order valence-electron chi connectivity index (χ3n) is 7.25. The van der Waals surface area contributed by atoms with Gasteiger partial charge in [-0.3, -0.25) is 18.6 Å². The third kappa shape index (κ3) is 32.5. The molecule has 0 aromatic carbocycles. The van der Waals surface area contributed by atoms with E-state index in [2.05, 4.69) is 67.0 Å². The van der Waals surface area contributed by atoms with Crippen LogP contribution in [0, 0.1) is 0 Å². The smallest absolute Gasteiger partial charge is 0.462 e. The lowest BCUT2D eigenvalue weighted by Crippen LogP contribution is -2.29. The van der Waals surface area contributed by atoms with Gasteiger partial charge in [-0.25, -0.2) is 4.57 Å². The van der Waals surface area contributed by atoms with E-state index in [0.717, 1.165) is 89.9 Å². The standard InChI is InChI=1S/C37H65O10P/c1-3-5-7-9-11-12-13-14-15-16-17-18-19-20-21-22-23-25-27-29-37(41)47-35(33-46-48(42,43)45-31-34(39)30-38)32-44-36(40)28-26-24-10-8-6-4-2/h5,7,11-12,14-15,17-18,34-35,38-39H,3-4,6,8-10,13,16,19-33H2,1-2H3,(H,42,43)/b7-5-,12-11-,15-14-,18-17-. The molecule has 0 fully saturated rings. The fraction of sp³-hybridized carbons (Fsp3) is 0.730. The fourth-order valence-electron chi connectivity index (χ4n) is 4.45. The lowest BCUT2D eigenvalue weighted by atomic mass is 10.1. The molecule has 278 valence electrons. The number of aliphatic hydroxyl groups is 2. The molecule has 0 aromatic rings. The van der Waals surface area contributed by atoms with Crippen LogP contribution < -0.4 is 0 Å². The molecule has 11 heteroatoms. The molecule has 3 unspecified atom stereocenters. The maximum Gasteiger partial charge on any atom is 0.472 e. The van der Waals surface area contributed by atoms with E-state index in [0.29, 0.717) is 12.8 Å². The molecule has 0 heterocycles. The molecule has 0 aromatic heterocycles. The minimum absolute atomic E-state index is 0.167. The summed E-state index contributed by atoms with van der Waals surface area (Å²) in [5.41, 5.74) is 0. The molecular formula is C37H65O10P. The van der Waals surface area contributed by atoms with E-state index >= 15 is 0 Å². The van der Waals surface area contributed by atoms with Gasteiger partial charge in [0.2, 0.25) is 0 Å². The molecule has 0 aliphatic heterocycles. The van der Waals surface area contributed by atoms with E-state index in [1.54, 1.807) is 0 Å². The van der Waals surface area contributed by atoms with Gasteiger partial charge in [0.05, 0.1) is 19.8 Å². The van der Waals surface area contributed by atoms with Gasteiger partial charge in [-0.05, 0) is 51.4 Å². The molecule has 3 N–H and O–H groups in total. The van der Waals surface area contributed by atoms with Crippen LogP contribution in [-0.2, 0) is 32.7 Å². The van der Waals surface area contributed by atoms with Gasteiger partial charge < -0.3 is 24.6 Å². The number of carbonyl (C=O) groups is 2. The average Bonchev–Trinajstić information content (AvgIpc) is 3.07. The van der Waals surface area contributed by atoms with Gasteiger partial charge in [0.1, 0.15) is 12.7 Å². The summed E-state index contributed by atoms with van der Waals surface area (Å²) in [6.45, 7) is 2.14. The summed E-state index contributed by atoms with van der Waals surface area (Å²) in [4.78, 5) is 34.6. The highest BCUT2D eigenvalue weighted by Crippen LogP contribution is 2.43. The van der Waals surface area contributed by atoms with Gasteiger partial charge in [0.15, 0.2) is 6.10 Å². The highest BCUT2D eigenvalue weighted by Gasteiger charge is 2.27. The van der Waals surface area contributed by atoms with Crippen molar-refractivity contribution in [2.24, 2.45) is 0 Å². The molecule has 0 spiro atoms. The Morgan fingerprint density at radius 2 is 1.15 bits per heavy atom. The number of phosphoric acid groups is 1. The zero-order valence-corrected chi connectivity index (χ0v) is 30.6. The van der Waals surface area contributed by atoms with Crippen LogP contribution in [0.2, 0.25) is 0 Å². The zero-order valence-electron chi connectivity index (χ0n) is 29.7. The van der Waals surface area contributed by atoms with Gasteiger partial charge in [-0.2, -0.15) is 0 Å². The van der Waals surface area contributed by atoms with Crippen molar-refractivity contribution in [2.45, 2.75) is 148 Å². The monoisotopic (exact) mass is 700 g/mol. The second-order valence-electron chi connectivity index (χ2n) is 11.9. The number of rotatable bonds is 33. The summed E-state index contributed by atoms with van der Waals surface area (Å²) in [6, 6.07) is 0. The number of unbranched alkanes of at least 4 members (excludes halogenated alkanes) is 11. The van der Waals surface area contributed by atoms with Gasteiger partial charge in [-0.1, -0.05) is 120 Å². The number of allylic oxidation sites excluding steroid dienone is 8. The summed E-state index contributed by atoms with van der Waals surface area (Å²) >= 11 is 0. The van der Waals surface area contributed by atoms with E-state index in [1.165, 1.54) is 6.42 Å². The Morgan fingerprint density at radius 1 is 0.646 bits per heavy atom. The van der Waals surface area contributed by atoms with Crippen molar-refractivity contribution in [3.63, 3.8) is 0 Å². The van der Waals surface area contributed by atoms with Crippen molar-refractivity contribution in [3.8, 4) is 0 Å². The molecule has 3 atom stereocenters. The van der Waals surface area contributed by atoms with E-state index in [-0.39, 0.29) is 19.4 Å². The van der Waals surface area contributed by atoms with Crippen LogP contribution in [0.25, 0.3) is 0 Å². The second kappa shape index (κ2) is 33.4. The summed E-state index contributed by atoms with van der Waals surface area (Å²) in [6.07, 6.45) is 32.6. The van der Waals surface area contributed by atoms with Crippen molar-refractivity contribution in [3.05, 3.63) is 48.6 Å².